The molecule has 1 amide bonds. The topological polar surface area (TPSA) is 68.3 Å². The van der Waals surface area contributed by atoms with Gasteiger partial charge in [0.2, 0.25) is 6.41 Å². The summed E-state index contributed by atoms with van der Waals surface area (Å²) in [5.74, 6) is -0.354. The van der Waals surface area contributed by atoms with Crippen LogP contribution >= 0.6 is 0 Å². The maximum Gasteiger partial charge on any atom is 0.308 e. The van der Waals surface area contributed by atoms with Gasteiger partial charge in [-0.3, -0.25) is 14.6 Å². The van der Waals surface area contributed by atoms with E-state index in [1.54, 1.807) is 31.3 Å². The van der Waals surface area contributed by atoms with Crippen LogP contribution < -0.4 is 5.32 Å². The molecule has 0 aliphatic rings. The highest BCUT2D eigenvalue weighted by Crippen LogP contribution is 2.13. The molecular weight excluding hydrogens is 208 g/mol. The zero-order chi connectivity index (χ0) is 11.8. The zero-order valence-electron chi connectivity index (χ0n) is 9.05. The molecule has 1 N–H and O–H groups in total. The first-order chi connectivity index (χ1) is 7.77. The number of hydrogen-bond donors (Lipinski definition) is 1. The minimum atomic E-state index is -0.433. The van der Waals surface area contributed by atoms with Gasteiger partial charge in [0, 0.05) is 6.20 Å². The largest absolute Gasteiger partial charge is 0.466 e. The van der Waals surface area contributed by atoms with E-state index >= 15 is 0 Å². The van der Waals surface area contributed by atoms with Crippen LogP contribution in [0.15, 0.2) is 24.4 Å². The van der Waals surface area contributed by atoms with Gasteiger partial charge >= 0.3 is 5.97 Å². The highest BCUT2D eigenvalue weighted by atomic mass is 16.5. The quantitative estimate of drug-likeness (QED) is 0.571. The molecule has 0 radical (unpaired) electrons. The average molecular weight is 222 g/mol. The number of aromatic nitrogens is 1. The first-order valence-electron chi connectivity index (χ1n) is 5.04. The van der Waals surface area contributed by atoms with Crippen LogP contribution in [0.25, 0.3) is 0 Å². The van der Waals surface area contributed by atoms with Gasteiger partial charge in [-0.2, -0.15) is 0 Å². The number of ether oxygens (including phenoxy) is 1. The summed E-state index contributed by atoms with van der Waals surface area (Å²) in [6.07, 6.45) is 2.25. The molecule has 1 rings (SSSR count). The number of rotatable bonds is 6. The van der Waals surface area contributed by atoms with Gasteiger partial charge in [-0.25, -0.2) is 0 Å². The Morgan fingerprint density at radius 2 is 2.44 bits per heavy atom. The van der Waals surface area contributed by atoms with Crippen molar-refractivity contribution in [1.29, 1.82) is 0 Å². The Morgan fingerprint density at radius 1 is 1.62 bits per heavy atom. The lowest BCUT2D eigenvalue weighted by Crippen LogP contribution is -2.24. The molecule has 1 atom stereocenters. The van der Waals surface area contributed by atoms with E-state index < -0.39 is 6.04 Å². The van der Waals surface area contributed by atoms with E-state index in [9.17, 15) is 9.59 Å². The summed E-state index contributed by atoms with van der Waals surface area (Å²) in [5.41, 5.74) is 0.641. The molecule has 0 bridgehead atoms. The molecule has 1 unspecified atom stereocenters. The van der Waals surface area contributed by atoms with Crippen LogP contribution in [-0.2, 0) is 14.3 Å². The van der Waals surface area contributed by atoms with Gasteiger partial charge < -0.3 is 10.1 Å². The maximum absolute atomic E-state index is 11.3. The number of esters is 1. The van der Waals surface area contributed by atoms with Crippen molar-refractivity contribution in [3.8, 4) is 0 Å². The molecule has 0 spiro atoms. The smallest absolute Gasteiger partial charge is 0.308 e. The van der Waals surface area contributed by atoms with E-state index in [0.717, 1.165) is 0 Å². The predicted octanol–water partition coefficient (Wildman–Crippen LogP) is 0.822. The van der Waals surface area contributed by atoms with E-state index in [4.69, 9.17) is 4.74 Å². The minimum absolute atomic E-state index is 0.0869. The standard InChI is InChI=1S/C11H14N2O3/c1-2-16-11(15)7-10(13-8-14)9-5-3-4-6-12-9/h3-6,8,10H,2,7H2,1H3,(H,13,14). The average Bonchev–Trinajstić information content (AvgIpc) is 2.30. The van der Waals surface area contributed by atoms with Crippen molar-refractivity contribution >= 4 is 12.4 Å². The van der Waals surface area contributed by atoms with Gasteiger partial charge in [0.1, 0.15) is 0 Å². The summed E-state index contributed by atoms with van der Waals surface area (Å²) in [7, 11) is 0. The Hall–Kier alpha value is -1.91. The van der Waals surface area contributed by atoms with Gasteiger partial charge in [0.05, 0.1) is 24.8 Å². The third-order valence-electron chi connectivity index (χ3n) is 1.99. The van der Waals surface area contributed by atoms with Crippen molar-refractivity contribution in [2.75, 3.05) is 6.61 Å². The lowest BCUT2D eigenvalue weighted by Gasteiger charge is -2.14. The first-order valence-corrected chi connectivity index (χ1v) is 5.04. The van der Waals surface area contributed by atoms with E-state index in [1.165, 1.54) is 0 Å². The van der Waals surface area contributed by atoms with E-state index in [1.807, 2.05) is 0 Å². The summed E-state index contributed by atoms with van der Waals surface area (Å²) in [4.78, 5) is 25.8. The fourth-order valence-electron chi connectivity index (χ4n) is 1.30. The van der Waals surface area contributed by atoms with Gasteiger partial charge in [-0.15, -0.1) is 0 Å². The summed E-state index contributed by atoms with van der Waals surface area (Å²) in [6, 6.07) is 4.89. The Balaban J connectivity index is 2.68. The highest BCUT2D eigenvalue weighted by molar-refractivity contribution is 5.70. The van der Waals surface area contributed by atoms with Crippen LogP contribution in [0.3, 0.4) is 0 Å². The molecule has 1 aromatic rings. The van der Waals surface area contributed by atoms with Gasteiger partial charge in [0.25, 0.3) is 0 Å². The number of hydrogen-bond acceptors (Lipinski definition) is 4. The highest BCUT2D eigenvalue weighted by Gasteiger charge is 2.16. The second-order valence-corrected chi connectivity index (χ2v) is 3.10. The van der Waals surface area contributed by atoms with E-state index in [2.05, 4.69) is 10.3 Å². The van der Waals surface area contributed by atoms with Crippen molar-refractivity contribution in [3.63, 3.8) is 0 Å². The van der Waals surface area contributed by atoms with E-state index in [0.29, 0.717) is 18.7 Å². The molecule has 0 saturated carbocycles. The molecule has 0 saturated heterocycles. The van der Waals surface area contributed by atoms with E-state index in [-0.39, 0.29) is 12.4 Å². The third kappa shape index (κ3) is 3.68. The number of nitrogens with one attached hydrogen (secondary N) is 1. The molecule has 0 aliphatic carbocycles. The zero-order valence-corrected chi connectivity index (χ0v) is 9.05. The lowest BCUT2D eigenvalue weighted by molar-refractivity contribution is -0.143. The Labute approximate surface area is 93.8 Å². The number of amides is 1. The Kier molecular flexibility index (Phi) is 4.98. The molecule has 1 heterocycles. The predicted molar refractivity (Wildman–Crippen MR) is 57.4 cm³/mol. The van der Waals surface area contributed by atoms with Crippen molar-refractivity contribution in [2.24, 2.45) is 0 Å². The molecule has 0 aromatic carbocycles. The first kappa shape index (κ1) is 12.2. The minimum Gasteiger partial charge on any atom is -0.466 e. The van der Waals surface area contributed by atoms with Crippen molar-refractivity contribution in [3.05, 3.63) is 30.1 Å². The summed E-state index contributed by atoms with van der Waals surface area (Å²) in [5, 5.41) is 2.54. The molecule has 0 aliphatic heterocycles. The normalized spacial score (nSPS) is 11.6. The number of nitrogens with zero attached hydrogens (tertiary/aromatic N) is 1. The molecule has 86 valence electrons. The van der Waals surface area contributed by atoms with Crippen LogP contribution in [0.1, 0.15) is 25.1 Å². The molecule has 5 heteroatoms. The Morgan fingerprint density at radius 3 is 3.00 bits per heavy atom. The van der Waals surface area contributed by atoms with Crippen molar-refractivity contribution in [1.82, 2.24) is 10.3 Å². The maximum atomic E-state index is 11.3. The summed E-state index contributed by atoms with van der Waals surface area (Å²) < 4.78 is 4.82. The second-order valence-electron chi connectivity index (χ2n) is 3.10. The lowest BCUT2D eigenvalue weighted by atomic mass is 10.1. The molecule has 0 fully saturated rings. The number of carbonyl (C=O) groups is 2. The van der Waals surface area contributed by atoms with Crippen molar-refractivity contribution in [2.45, 2.75) is 19.4 Å². The van der Waals surface area contributed by atoms with Crippen LogP contribution in [0.4, 0.5) is 0 Å². The van der Waals surface area contributed by atoms with Gasteiger partial charge in [-0.05, 0) is 19.1 Å². The monoisotopic (exact) mass is 222 g/mol. The van der Waals surface area contributed by atoms with Gasteiger partial charge in [0.15, 0.2) is 0 Å². The van der Waals surface area contributed by atoms with Crippen LogP contribution in [-0.4, -0.2) is 24.0 Å². The second kappa shape index (κ2) is 6.55. The number of carbonyl (C=O) groups excluding carboxylic acids is 2. The SMILES string of the molecule is CCOC(=O)CC(NC=O)c1ccccn1. The fraction of sp³-hybridized carbons (Fsp3) is 0.364. The Bertz CT molecular complexity index is 340. The molecule has 1 aromatic heterocycles. The molecule has 5 nitrogen and oxygen atoms in total. The van der Waals surface area contributed by atoms with Crippen molar-refractivity contribution < 1.29 is 14.3 Å². The molecular formula is C11H14N2O3. The molecule has 16 heavy (non-hydrogen) atoms. The van der Waals surface area contributed by atoms with Crippen LogP contribution in [0.5, 0.6) is 0 Å². The number of pyridine rings is 1. The fourth-order valence-corrected chi connectivity index (χ4v) is 1.30. The van der Waals surface area contributed by atoms with Gasteiger partial charge in [-0.1, -0.05) is 6.07 Å². The van der Waals surface area contributed by atoms with Crippen LogP contribution in [0.2, 0.25) is 0 Å². The summed E-state index contributed by atoms with van der Waals surface area (Å²) >= 11 is 0. The third-order valence-corrected chi connectivity index (χ3v) is 1.99. The summed E-state index contributed by atoms with van der Waals surface area (Å²) in [6.45, 7) is 2.07. The van der Waals surface area contributed by atoms with Crippen LogP contribution in [0, 0.1) is 0 Å².